The number of hydrogen-bond acceptors (Lipinski definition) is 6. The third-order valence-electron chi connectivity index (χ3n) is 5.56. The molecule has 0 spiro atoms. The molecule has 3 aromatic rings. The first-order valence-electron chi connectivity index (χ1n) is 9.42. The Kier molecular flexibility index (Phi) is 4.73. The summed E-state index contributed by atoms with van der Waals surface area (Å²) in [5.74, 6) is 0.604. The molecule has 1 aliphatic heterocycles. The molecule has 7 heteroatoms. The molecular formula is C23H21N3O4. The van der Waals surface area contributed by atoms with E-state index < -0.39 is 16.9 Å². The SMILES string of the molecule is COc1ccc(C2=N[C@@](c3ccccc3)([C@](C)(C=O)c3nccn3C)C(=O)O2)cc1. The molecule has 2 heterocycles. The maximum absolute atomic E-state index is 13.5. The highest BCUT2D eigenvalue weighted by atomic mass is 16.6. The van der Waals surface area contributed by atoms with Crippen LogP contribution in [0.4, 0.5) is 0 Å². The van der Waals surface area contributed by atoms with E-state index in [1.54, 1.807) is 86.6 Å². The lowest BCUT2D eigenvalue weighted by molar-refractivity contribution is -0.144. The molecule has 2 atom stereocenters. The second-order valence-electron chi connectivity index (χ2n) is 7.29. The molecule has 1 aromatic heterocycles. The van der Waals surface area contributed by atoms with Crippen molar-refractivity contribution in [3.05, 3.63) is 83.9 Å². The van der Waals surface area contributed by atoms with E-state index >= 15 is 0 Å². The van der Waals surface area contributed by atoms with E-state index in [-0.39, 0.29) is 5.90 Å². The van der Waals surface area contributed by atoms with Crippen LogP contribution in [-0.4, -0.2) is 34.8 Å². The minimum atomic E-state index is -1.62. The van der Waals surface area contributed by atoms with E-state index in [1.165, 1.54) is 0 Å². The molecule has 0 unspecified atom stereocenters. The van der Waals surface area contributed by atoms with Crippen LogP contribution in [0.25, 0.3) is 0 Å². The number of ether oxygens (including phenoxy) is 2. The van der Waals surface area contributed by atoms with E-state index in [2.05, 4.69) is 4.98 Å². The zero-order chi connectivity index (χ0) is 21.4. The first-order valence-corrected chi connectivity index (χ1v) is 9.42. The molecule has 0 N–H and O–H groups in total. The van der Waals surface area contributed by atoms with Crippen LogP contribution in [0.1, 0.15) is 23.9 Å². The highest BCUT2D eigenvalue weighted by molar-refractivity contribution is 6.10. The highest BCUT2D eigenvalue weighted by Crippen LogP contribution is 2.47. The Morgan fingerprint density at radius 2 is 1.83 bits per heavy atom. The van der Waals surface area contributed by atoms with Gasteiger partial charge in [0.2, 0.25) is 11.4 Å². The van der Waals surface area contributed by atoms with Gasteiger partial charge in [-0.1, -0.05) is 30.3 Å². The Morgan fingerprint density at radius 3 is 2.40 bits per heavy atom. The number of nitrogens with zero attached hydrogens (tertiary/aromatic N) is 3. The number of aldehydes is 1. The number of cyclic esters (lactones) is 1. The quantitative estimate of drug-likeness (QED) is 0.467. The number of hydrogen-bond donors (Lipinski definition) is 0. The van der Waals surface area contributed by atoms with Crippen LogP contribution in [0.5, 0.6) is 5.75 Å². The van der Waals surface area contributed by atoms with Crippen LogP contribution in [0, 0.1) is 0 Å². The first-order chi connectivity index (χ1) is 14.5. The van der Waals surface area contributed by atoms with Gasteiger partial charge in [-0.05, 0) is 36.8 Å². The van der Waals surface area contributed by atoms with Crippen LogP contribution in [0.15, 0.2) is 72.0 Å². The van der Waals surface area contributed by atoms with Gasteiger partial charge in [0, 0.05) is 25.0 Å². The van der Waals surface area contributed by atoms with Crippen molar-refractivity contribution in [2.24, 2.45) is 12.0 Å². The molecule has 4 rings (SSSR count). The van der Waals surface area contributed by atoms with Gasteiger partial charge in [0.15, 0.2) is 0 Å². The van der Waals surface area contributed by atoms with Crippen molar-refractivity contribution in [1.29, 1.82) is 0 Å². The van der Waals surface area contributed by atoms with Crippen LogP contribution in [0.3, 0.4) is 0 Å². The second kappa shape index (κ2) is 7.26. The second-order valence-corrected chi connectivity index (χ2v) is 7.29. The van der Waals surface area contributed by atoms with E-state index in [9.17, 15) is 9.59 Å². The van der Waals surface area contributed by atoms with Gasteiger partial charge in [-0.25, -0.2) is 14.8 Å². The van der Waals surface area contributed by atoms with Gasteiger partial charge in [0.05, 0.1) is 7.11 Å². The molecule has 7 nitrogen and oxygen atoms in total. The minimum Gasteiger partial charge on any atom is -0.497 e. The van der Waals surface area contributed by atoms with Crippen molar-refractivity contribution in [3.8, 4) is 5.75 Å². The summed E-state index contributed by atoms with van der Waals surface area (Å²) >= 11 is 0. The van der Waals surface area contributed by atoms with E-state index in [1.807, 2.05) is 6.07 Å². The van der Waals surface area contributed by atoms with E-state index in [0.717, 1.165) is 6.29 Å². The summed E-state index contributed by atoms with van der Waals surface area (Å²) in [7, 11) is 3.35. The minimum absolute atomic E-state index is 0.147. The van der Waals surface area contributed by atoms with Gasteiger partial charge in [0.1, 0.15) is 23.3 Å². The third kappa shape index (κ3) is 2.74. The predicted molar refractivity (Wildman–Crippen MR) is 110 cm³/mol. The summed E-state index contributed by atoms with van der Waals surface area (Å²) in [4.78, 5) is 35.1. The van der Waals surface area contributed by atoms with Gasteiger partial charge in [-0.3, -0.25) is 0 Å². The van der Waals surface area contributed by atoms with Crippen LogP contribution >= 0.6 is 0 Å². The highest BCUT2D eigenvalue weighted by Gasteiger charge is 2.63. The molecule has 152 valence electrons. The lowest BCUT2D eigenvalue weighted by Crippen LogP contribution is -2.52. The Bertz CT molecular complexity index is 1120. The van der Waals surface area contributed by atoms with E-state index in [4.69, 9.17) is 14.5 Å². The van der Waals surface area contributed by atoms with Crippen molar-refractivity contribution < 1.29 is 19.1 Å². The Balaban J connectivity index is 1.97. The van der Waals surface area contributed by atoms with Gasteiger partial charge in [-0.15, -0.1) is 0 Å². The number of benzene rings is 2. The van der Waals surface area contributed by atoms with Gasteiger partial charge >= 0.3 is 5.97 Å². The summed E-state index contributed by atoms with van der Waals surface area (Å²) in [6.07, 6.45) is 4.04. The molecule has 0 bridgehead atoms. The summed E-state index contributed by atoms with van der Waals surface area (Å²) in [6, 6.07) is 16.0. The molecule has 0 saturated carbocycles. The third-order valence-corrected chi connectivity index (χ3v) is 5.56. The average Bonchev–Trinajstić information content (AvgIpc) is 3.38. The molecule has 2 aromatic carbocycles. The van der Waals surface area contributed by atoms with Crippen molar-refractivity contribution in [2.75, 3.05) is 7.11 Å². The largest absolute Gasteiger partial charge is 0.497 e. The normalized spacial score (nSPS) is 20.2. The molecule has 0 saturated heterocycles. The number of imidazole rings is 1. The van der Waals surface area contributed by atoms with Gasteiger partial charge < -0.3 is 18.8 Å². The molecule has 0 aliphatic carbocycles. The monoisotopic (exact) mass is 403 g/mol. The molecule has 0 radical (unpaired) electrons. The predicted octanol–water partition coefficient (Wildman–Crippen LogP) is 2.78. The number of rotatable bonds is 6. The fraction of sp³-hybridized carbons (Fsp3) is 0.217. The molecular weight excluding hydrogens is 382 g/mol. The van der Waals surface area contributed by atoms with Crippen LogP contribution < -0.4 is 4.74 Å². The maximum atomic E-state index is 13.5. The fourth-order valence-corrected chi connectivity index (χ4v) is 3.90. The number of carbonyl (C=O) groups is 2. The number of aliphatic imine (C=N–C) groups is 1. The smallest absolute Gasteiger partial charge is 0.347 e. The Labute approximate surface area is 174 Å². The lowest BCUT2D eigenvalue weighted by atomic mass is 9.67. The van der Waals surface area contributed by atoms with Crippen molar-refractivity contribution in [1.82, 2.24) is 9.55 Å². The maximum Gasteiger partial charge on any atom is 0.347 e. The summed E-state index contributed by atoms with van der Waals surface area (Å²) in [5.41, 5.74) is -1.87. The molecule has 0 amide bonds. The zero-order valence-corrected chi connectivity index (χ0v) is 16.9. The topological polar surface area (TPSA) is 82.8 Å². The number of carbonyl (C=O) groups excluding carboxylic acids is 2. The Morgan fingerprint density at radius 1 is 1.13 bits per heavy atom. The van der Waals surface area contributed by atoms with Gasteiger partial charge in [-0.2, -0.15) is 0 Å². The van der Waals surface area contributed by atoms with Gasteiger partial charge in [0.25, 0.3) is 0 Å². The van der Waals surface area contributed by atoms with Crippen molar-refractivity contribution >= 4 is 18.2 Å². The van der Waals surface area contributed by atoms with E-state index in [0.29, 0.717) is 22.7 Å². The fourth-order valence-electron chi connectivity index (χ4n) is 3.90. The number of esters is 1. The Hall–Kier alpha value is -3.74. The van der Waals surface area contributed by atoms with Crippen LogP contribution in [0.2, 0.25) is 0 Å². The number of aryl methyl sites for hydroxylation is 1. The average molecular weight is 403 g/mol. The number of aromatic nitrogens is 2. The first kappa shape index (κ1) is 19.6. The summed E-state index contributed by atoms with van der Waals surface area (Å²) in [6.45, 7) is 1.66. The zero-order valence-electron chi connectivity index (χ0n) is 16.9. The van der Waals surface area contributed by atoms with Crippen LogP contribution in [-0.2, 0) is 32.3 Å². The molecule has 0 fully saturated rings. The summed E-state index contributed by atoms with van der Waals surface area (Å²) in [5, 5.41) is 0. The lowest BCUT2D eigenvalue weighted by Gasteiger charge is -2.36. The van der Waals surface area contributed by atoms with Crippen molar-refractivity contribution in [3.63, 3.8) is 0 Å². The summed E-state index contributed by atoms with van der Waals surface area (Å²) < 4.78 is 12.6. The molecule has 1 aliphatic rings. The standard InChI is InChI=1S/C23H21N3O4/c1-22(15-27,20-24-13-14-26(20)2)23(17-7-5-4-6-8-17)21(28)30-19(25-23)16-9-11-18(29-3)12-10-16/h4-15H,1-3H3/t22-,23-/m1/s1. The van der Waals surface area contributed by atoms with Crippen molar-refractivity contribution in [2.45, 2.75) is 17.9 Å². The molecule has 30 heavy (non-hydrogen) atoms. The number of methoxy groups -OCH3 is 1.